The average molecular weight is 354 g/mol. The number of carbonyl (C=O) groups is 1. The Bertz CT molecular complexity index is 616. The van der Waals surface area contributed by atoms with Gasteiger partial charge in [-0.15, -0.1) is 0 Å². The van der Waals surface area contributed by atoms with E-state index in [0.717, 1.165) is 23.1 Å². The number of halogens is 1. The zero-order chi connectivity index (χ0) is 15.5. The van der Waals surface area contributed by atoms with Gasteiger partial charge in [0.05, 0.1) is 16.4 Å². The molecule has 0 aromatic carbocycles. The maximum atomic E-state index is 12.3. The molecule has 0 aliphatic heterocycles. The molecule has 1 amide bonds. The topological polar surface area (TPSA) is 64.7 Å². The third-order valence-corrected chi connectivity index (χ3v) is 3.71. The summed E-state index contributed by atoms with van der Waals surface area (Å²) in [6, 6.07) is 1.97. The van der Waals surface area contributed by atoms with E-state index in [1.165, 1.54) is 0 Å². The number of nitrogens with one attached hydrogen (secondary N) is 1. The van der Waals surface area contributed by atoms with Crippen molar-refractivity contribution in [1.82, 2.24) is 24.9 Å². The Hall–Kier alpha value is -1.63. The minimum absolute atomic E-state index is 0.0465. The largest absolute Gasteiger partial charge is 0.354 e. The van der Waals surface area contributed by atoms with Gasteiger partial charge in [-0.25, -0.2) is 0 Å². The SMILES string of the molecule is Cc1ccn(CCCNC(=O)C(C)(C)n2cc(Br)cn2)n1. The van der Waals surface area contributed by atoms with Gasteiger partial charge in [0.2, 0.25) is 5.91 Å². The van der Waals surface area contributed by atoms with Crippen LogP contribution in [0.1, 0.15) is 26.0 Å². The Morgan fingerprint density at radius 2 is 2.24 bits per heavy atom. The second kappa shape index (κ2) is 6.43. The maximum Gasteiger partial charge on any atom is 0.247 e. The van der Waals surface area contributed by atoms with Crippen LogP contribution in [0.3, 0.4) is 0 Å². The molecule has 0 spiro atoms. The summed E-state index contributed by atoms with van der Waals surface area (Å²) in [5, 5.41) is 11.4. The molecule has 0 unspecified atom stereocenters. The maximum absolute atomic E-state index is 12.3. The molecule has 0 saturated carbocycles. The minimum Gasteiger partial charge on any atom is -0.354 e. The van der Waals surface area contributed by atoms with Crippen molar-refractivity contribution >= 4 is 21.8 Å². The lowest BCUT2D eigenvalue weighted by Gasteiger charge is -2.24. The van der Waals surface area contributed by atoms with Crippen molar-refractivity contribution in [3.8, 4) is 0 Å². The third kappa shape index (κ3) is 3.93. The fraction of sp³-hybridized carbons (Fsp3) is 0.500. The highest BCUT2D eigenvalue weighted by Gasteiger charge is 2.30. The van der Waals surface area contributed by atoms with Crippen LogP contribution in [0.5, 0.6) is 0 Å². The summed E-state index contributed by atoms with van der Waals surface area (Å²) >= 11 is 3.34. The highest BCUT2D eigenvalue weighted by Crippen LogP contribution is 2.17. The summed E-state index contributed by atoms with van der Waals surface area (Å²) in [4.78, 5) is 12.3. The standard InChI is InChI=1S/C14H20BrN5O/c1-11-5-8-19(18-11)7-4-6-16-13(21)14(2,3)20-10-12(15)9-17-20/h5,8-10H,4,6-7H2,1-3H3,(H,16,21). The zero-order valence-corrected chi connectivity index (χ0v) is 14.1. The Kier molecular flexibility index (Phi) is 4.82. The molecule has 2 aromatic heterocycles. The van der Waals surface area contributed by atoms with Crippen molar-refractivity contribution < 1.29 is 4.79 Å². The van der Waals surface area contributed by atoms with Gasteiger partial charge in [0, 0.05) is 25.5 Å². The highest BCUT2D eigenvalue weighted by molar-refractivity contribution is 9.10. The van der Waals surface area contributed by atoms with Crippen molar-refractivity contribution in [3.05, 3.63) is 34.8 Å². The molecule has 0 atom stereocenters. The summed E-state index contributed by atoms with van der Waals surface area (Å²) < 4.78 is 4.40. The molecular weight excluding hydrogens is 334 g/mol. The van der Waals surface area contributed by atoms with Gasteiger partial charge >= 0.3 is 0 Å². The fourth-order valence-corrected chi connectivity index (χ4v) is 2.24. The molecule has 2 heterocycles. The molecule has 0 fully saturated rings. The molecule has 7 heteroatoms. The number of hydrogen-bond acceptors (Lipinski definition) is 3. The number of nitrogens with zero attached hydrogens (tertiary/aromatic N) is 4. The quantitative estimate of drug-likeness (QED) is 0.808. The molecule has 0 saturated heterocycles. The van der Waals surface area contributed by atoms with Gasteiger partial charge in [0.15, 0.2) is 0 Å². The van der Waals surface area contributed by atoms with Gasteiger partial charge in [0.1, 0.15) is 5.54 Å². The average Bonchev–Trinajstić information content (AvgIpc) is 3.03. The van der Waals surface area contributed by atoms with Gasteiger partial charge in [-0.2, -0.15) is 10.2 Å². The van der Waals surface area contributed by atoms with Gasteiger partial charge in [-0.3, -0.25) is 14.2 Å². The number of hydrogen-bond donors (Lipinski definition) is 1. The van der Waals surface area contributed by atoms with E-state index in [2.05, 4.69) is 31.4 Å². The van der Waals surface area contributed by atoms with Crippen molar-refractivity contribution in [2.75, 3.05) is 6.54 Å². The van der Waals surface area contributed by atoms with E-state index in [-0.39, 0.29) is 5.91 Å². The van der Waals surface area contributed by atoms with E-state index < -0.39 is 5.54 Å². The predicted octanol–water partition coefficient (Wildman–Crippen LogP) is 2.09. The Morgan fingerprint density at radius 3 is 2.81 bits per heavy atom. The second-order valence-corrected chi connectivity index (χ2v) is 6.41. The molecule has 0 radical (unpaired) electrons. The molecule has 6 nitrogen and oxygen atoms in total. The van der Waals surface area contributed by atoms with Crippen LogP contribution in [-0.2, 0) is 16.9 Å². The van der Waals surface area contributed by atoms with Crippen LogP contribution in [0.15, 0.2) is 29.1 Å². The summed E-state index contributed by atoms with van der Waals surface area (Å²) in [6.07, 6.45) is 6.26. The van der Waals surface area contributed by atoms with E-state index in [0.29, 0.717) is 6.54 Å². The zero-order valence-electron chi connectivity index (χ0n) is 12.5. The van der Waals surface area contributed by atoms with Gasteiger partial charge in [-0.1, -0.05) is 0 Å². The molecule has 0 aliphatic rings. The molecule has 2 aromatic rings. The lowest BCUT2D eigenvalue weighted by molar-refractivity contribution is -0.128. The first kappa shape index (κ1) is 15.8. The number of carbonyl (C=O) groups excluding carboxylic acids is 1. The summed E-state index contributed by atoms with van der Waals surface area (Å²) in [7, 11) is 0. The van der Waals surface area contributed by atoms with Crippen LogP contribution in [0.2, 0.25) is 0 Å². The van der Waals surface area contributed by atoms with Crippen LogP contribution in [0.25, 0.3) is 0 Å². The van der Waals surface area contributed by atoms with Crippen LogP contribution in [0, 0.1) is 6.92 Å². The molecule has 1 N–H and O–H groups in total. The first-order valence-electron chi connectivity index (χ1n) is 6.88. The lowest BCUT2D eigenvalue weighted by Crippen LogP contribution is -2.45. The summed E-state index contributed by atoms with van der Waals surface area (Å²) in [6.45, 7) is 7.06. The second-order valence-electron chi connectivity index (χ2n) is 5.49. The third-order valence-electron chi connectivity index (χ3n) is 3.30. The smallest absolute Gasteiger partial charge is 0.247 e. The summed E-state index contributed by atoms with van der Waals surface area (Å²) in [5.41, 5.74) is 0.290. The minimum atomic E-state index is -0.714. The normalized spacial score (nSPS) is 11.6. The number of rotatable bonds is 6. The van der Waals surface area contributed by atoms with Crippen LogP contribution in [-0.4, -0.2) is 32.0 Å². The summed E-state index contributed by atoms with van der Waals surface area (Å²) in [5.74, 6) is -0.0465. The Labute approximate surface area is 132 Å². The lowest BCUT2D eigenvalue weighted by atomic mass is 10.1. The fourth-order valence-electron chi connectivity index (χ4n) is 1.96. The van der Waals surface area contributed by atoms with E-state index >= 15 is 0 Å². The molecule has 114 valence electrons. The molecule has 0 bridgehead atoms. The van der Waals surface area contributed by atoms with Gasteiger partial charge < -0.3 is 5.32 Å². The first-order chi connectivity index (χ1) is 9.89. The van der Waals surface area contributed by atoms with Crippen LogP contribution in [0.4, 0.5) is 0 Å². The number of aryl methyl sites for hydroxylation is 2. The molecule has 2 rings (SSSR count). The predicted molar refractivity (Wildman–Crippen MR) is 83.8 cm³/mol. The van der Waals surface area contributed by atoms with E-state index in [4.69, 9.17) is 0 Å². The van der Waals surface area contributed by atoms with E-state index in [1.54, 1.807) is 17.1 Å². The van der Waals surface area contributed by atoms with Crippen molar-refractivity contribution in [2.45, 2.75) is 39.3 Å². The van der Waals surface area contributed by atoms with Crippen molar-refractivity contribution in [2.24, 2.45) is 0 Å². The number of aromatic nitrogens is 4. The Morgan fingerprint density at radius 1 is 1.48 bits per heavy atom. The first-order valence-corrected chi connectivity index (χ1v) is 7.68. The van der Waals surface area contributed by atoms with Crippen LogP contribution >= 0.6 is 15.9 Å². The highest BCUT2D eigenvalue weighted by atomic mass is 79.9. The van der Waals surface area contributed by atoms with Crippen molar-refractivity contribution in [1.29, 1.82) is 0 Å². The van der Waals surface area contributed by atoms with E-state index in [9.17, 15) is 4.79 Å². The number of amides is 1. The monoisotopic (exact) mass is 353 g/mol. The van der Waals surface area contributed by atoms with Gasteiger partial charge in [0.25, 0.3) is 0 Å². The van der Waals surface area contributed by atoms with Crippen molar-refractivity contribution in [3.63, 3.8) is 0 Å². The molecular formula is C14H20BrN5O. The molecule has 21 heavy (non-hydrogen) atoms. The Balaban J connectivity index is 1.81. The molecule has 0 aliphatic carbocycles. The van der Waals surface area contributed by atoms with Gasteiger partial charge in [-0.05, 0) is 49.2 Å². The van der Waals surface area contributed by atoms with E-state index in [1.807, 2.05) is 37.7 Å². The van der Waals surface area contributed by atoms with Crippen LogP contribution < -0.4 is 5.32 Å².